The quantitative estimate of drug-likeness (QED) is 0.475. The number of alkyl halides is 3. The van der Waals surface area contributed by atoms with E-state index < -0.39 is 18.5 Å². The van der Waals surface area contributed by atoms with E-state index in [4.69, 9.17) is 0 Å². The van der Waals surface area contributed by atoms with Gasteiger partial charge in [-0.3, -0.25) is 0 Å². The first kappa shape index (κ1) is 8.19. The van der Waals surface area contributed by atoms with Gasteiger partial charge in [0.25, 0.3) is 0 Å². The highest BCUT2D eigenvalue weighted by atomic mass is 19.2. The second-order valence-electron chi connectivity index (χ2n) is 2.41. The number of hydrogen-bond donors (Lipinski definition) is 0. The molecule has 0 amide bonds. The lowest BCUT2D eigenvalue weighted by molar-refractivity contribution is 0.137. The minimum absolute atomic E-state index is 0.375. The molecule has 1 rings (SSSR count). The highest BCUT2D eigenvalue weighted by molar-refractivity contribution is 5.32. The zero-order chi connectivity index (χ0) is 8.43. The molecule has 0 aromatic carbocycles. The molecule has 0 aromatic rings. The van der Waals surface area contributed by atoms with Crippen LogP contribution in [0.15, 0.2) is 11.6 Å². The Kier molecular flexibility index (Phi) is 2.23. The number of halogens is 3. The summed E-state index contributed by atoms with van der Waals surface area (Å²) in [4.78, 5) is 0. The van der Waals surface area contributed by atoms with Gasteiger partial charge in [-0.2, -0.15) is 0 Å². The number of rotatable bonds is 0. The summed E-state index contributed by atoms with van der Waals surface area (Å²) in [5.74, 6) is 4.29. The highest BCUT2D eigenvalue weighted by Crippen LogP contribution is 2.16. The molecule has 0 saturated carbocycles. The van der Waals surface area contributed by atoms with Gasteiger partial charge in [0, 0.05) is 0 Å². The monoisotopic (exact) mass is 160 g/mol. The van der Waals surface area contributed by atoms with E-state index in [1.165, 1.54) is 6.92 Å². The Bertz CT molecular complexity index is 233. The van der Waals surface area contributed by atoms with Gasteiger partial charge in [0.1, 0.15) is 0 Å². The van der Waals surface area contributed by atoms with E-state index in [1.54, 1.807) is 0 Å². The maximum absolute atomic E-state index is 12.6. The van der Waals surface area contributed by atoms with Crippen molar-refractivity contribution in [2.45, 2.75) is 25.4 Å². The van der Waals surface area contributed by atoms with Crippen LogP contribution in [0.3, 0.4) is 0 Å². The molecular weight excluding hydrogens is 153 g/mol. The normalized spacial score (nSPS) is 36.7. The lowest BCUT2D eigenvalue weighted by Crippen LogP contribution is -2.24. The smallest absolute Gasteiger partial charge is 0.195 e. The van der Waals surface area contributed by atoms with E-state index >= 15 is 0 Å². The van der Waals surface area contributed by atoms with E-state index in [1.807, 2.05) is 5.92 Å². The van der Waals surface area contributed by atoms with Crippen molar-refractivity contribution < 1.29 is 13.2 Å². The topological polar surface area (TPSA) is 0 Å². The van der Waals surface area contributed by atoms with Gasteiger partial charge in [-0.25, -0.2) is 13.2 Å². The molecule has 0 bridgehead atoms. The molecule has 0 aliphatic heterocycles. The van der Waals surface area contributed by atoms with Crippen molar-refractivity contribution in [2.24, 2.45) is 0 Å². The van der Waals surface area contributed by atoms with Crippen LogP contribution in [0.4, 0.5) is 13.2 Å². The fourth-order valence-electron chi connectivity index (χ4n) is 0.796. The van der Waals surface area contributed by atoms with Crippen molar-refractivity contribution in [3.05, 3.63) is 11.6 Å². The highest BCUT2D eigenvalue weighted by Gasteiger charge is 2.28. The van der Waals surface area contributed by atoms with Crippen LogP contribution in [0.2, 0.25) is 0 Å². The van der Waals surface area contributed by atoms with E-state index in [-0.39, 0.29) is 0 Å². The van der Waals surface area contributed by atoms with E-state index in [2.05, 4.69) is 5.92 Å². The minimum atomic E-state index is -2.14. The van der Waals surface area contributed by atoms with Crippen molar-refractivity contribution in [2.75, 3.05) is 0 Å². The first-order valence-corrected chi connectivity index (χ1v) is 3.23. The molecule has 0 aromatic heterocycles. The summed E-state index contributed by atoms with van der Waals surface area (Å²) >= 11 is 0. The van der Waals surface area contributed by atoms with Crippen molar-refractivity contribution in [3.63, 3.8) is 0 Å². The van der Waals surface area contributed by atoms with Crippen molar-refractivity contribution in [1.82, 2.24) is 0 Å². The molecule has 0 radical (unpaired) electrons. The van der Waals surface area contributed by atoms with Crippen LogP contribution < -0.4 is 0 Å². The van der Waals surface area contributed by atoms with Crippen molar-refractivity contribution in [3.8, 4) is 11.8 Å². The van der Waals surface area contributed by atoms with Crippen molar-refractivity contribution >= 4 is 0 Å². The predicted molar refractivity (Wildman–Crippen MR) is 36.2 cm³/mol. The largest absolute Gasteiger partial charge is 0.240 e. The summed E-state index contributed by atoms with van der Waals surface area (Å²) in [6, 6.07) is 0. The summed E-state index contributed by atoms with van der Waals surface area (Å²) in [6.07, 6.45) is -5.02. The molecule has 0 spiro atoms. The molecule has 11 heavy (non-hydrogen) atoms. The fourth-order valence-corrected chi connectivity index (χ4v) is 0.796. The molecule has 3 atom stereocenters. The fraction of sp³-hybridized carbons (Fsp3) is 0.500. The Balaban J connectivity index is 2.88. The Morgan fingerprint density at radius 1 is 1.36 bits per heavy atom. The van der Waals surface area contributed by atoms with Crippen LogP contribution in [-0.2, 0) is 0 Å². The lowest BCUT2D eigenvalue weighted by atomic mass is 10.1. The maximum atomic E-state index is 12.6. The Morgan fingerprint density at radius 2 is 2.00 bits per heavy atom. The van der Waals surface area contributed by atoms with Crippen molar-refractivity contribution in [1.29, 1.82) is 0 Å². The second kappa shape index (κ2) is 3.00. The van der Waals surface area contributed by atoms with Crippen LogP contribution in [0, 0.1) is 11.8 Å². The average Bonchev–Trinajstić information content (AvgIpc) is 2.05. The molecule has 0 nitrogen and oxygen atoms in total. The van der Waals surface area contributed by atoms with Crippen LogP contribution in [-0.4, -0.2) is 18.5 Å². The van der Waals surface area contributed by atoms with Crippen LogP contribution in [0.5, 0.6) is 0 Å². The van der Waals surface area contributed by atoms with Crippen LogP contribution in [0.25, 0.3) is 0 Å². The third-order valence-corrected chi connectivity index (χ3v) is 1.40. The van der Waals surface area contributed by atoms with E-state index in [9.17, 15) is 13.2 Å². The number of allylic oxidation sites excluding steroid dienone is 2. The van der Waals surface area contributed by atoms with Gasteiger partial charge >= 0.3 is 0 Å². The molecule has 3 unspecified atom stereocenters. The number of hydrogen-bond acceptors (Lipinski definition) is 0. The molecule has 1 aliphatic carbocycles. The summed E-state index contributed by atoms with van der Waals surface area (Å²) in [6.45, 7) is 1.52. The first-order chi connectivity index (χ1) is 5.11. The summed E-state index contributed by atoms with van der Waals surface area (Å²) in [5.41, 5.74) is 0.375. The zero-order valence-electron chi connectivity index (χ0n) is 5.94. The third-order valence-electron chi connectivity index (χ3n) is 1.40. The SMILES string of the molecule is CC1=CC(F)C(F)C(F)C#C1. The van der Waals surface area contributed by atoms with Crippen LogP contribution in [0.1, 0.15) is 6.92 Å². The molecule has 0 N–H and O–H groups in total. The predicted octanol–water partition coefficient (Wildman–Crippen LogP) is 1.96. The van der Waals surface area contributed by atoms with Gasteiger partial charge in [0.2, 0.25) is 0 Å². The molecule has 0 fully saturated rings. The molecule has 0 saturated heterocycles. The van der Waals surface area contributed by atoms with Gasteiger partial charge in [0.05, 0.1) is 0 Å². The second-order valence-corrected chi connectivity index (χ2v) is 2.41. The van der Waals surface area contributed by atoms with Gasteiger partial charge in [-0.1, -0.05) is 11.8 Å². The minimum Gasteiger partial charge on any atom is -0.240 e. The summed E-state index contributed by atoms with van der Waals surface area (Å²) in [5, 5.41) is 0. The van der Waals surface area contributed by atoms with Gasteiger partial charge in [0.15, 0.2) is 18.5 Å². The van der Waals surface area contributed by atoms with Gasteiger partial charge in [-0.15, -0.1) is 0 Å². The van der Waals surface area contributed by atoms with E-state index in [0.717, 1.165) is 6.08 Å². The lowest BCUT2D eigenvalue weighted by Gasteiger charge is -2.08. The summed E-state index contributed by atoms with van der Waals surface area (Å²) < 4.78 is 37.5. The Hall–Kier alpha value is -0.910. The zero-order valence-corrected chi connectivity index (χ0v) is 5.94. The standard InChI is InChI=1S/C8H7F3/c1-5-2-3-6(9)8(11)7(10)4-5/h4,6-8H,1H3. The molecule has 1 aliphatic rings. The summed E-state index contributed by atoms with van der Waals surface area (Å²) in [7, 11) is 0. The maximum Gasteiger partial charge on any atom is 0.195 e. The first-order valence-electron chi connectivity index (χ1n) is 3.23. The van der Waals surface area contributed by atoms with E-state index in [0.29, 0.717) is 5.57 Å². The van der Waals surface area contributed by atoms with Crippen LogP contribution >= 0.6 is 0 Å². The molecule has 0 heterocycles. The molecule has 60 valence electrons. The third kappa shape index (κ3) is 1.76. The van der Waals surface area contributed by atoms with Gasteiger partial charge < -0.3 is 0 Å². The Labute approximate surface area is 63.1 Å². The Morgan fingerprint density at radius 3 is 2.64 bits per heavy atom. The molecule has 3 heteroatoms. The molecular formula is C8H7F3. The average molecular weight is 160 g/mol. The van der Waals surface area contributed by atoms with Gasteiger partial charge in [-0.05, 0) is 18.6 Å².